The van der Waals surface area contributed by atoms with E-state index < -0.39 is 6.10 Å². The molecule has 1 unspecified atom stereocenters. The maximum absolute atomic E-state index is 12.6. The van der Waals surface area contributed by atoms with Crippen LogP contribution in [0, 0.1) is 12.3 Å². The minimum absolute atomic E-state index is 0.0997. The lowest BCUT2D eigenvalue weighted by Gasteiger charge is -2.17. The molecule has 30 heavy (non-hydrogen) atoms. The number of methoxy groups -OCH3 is 1. The SMILES string of the molecule is C#CCOc1ccc(CCNC(=O)C(Cc2ccc(CC)cc2)OCC)cc1OC. The molecule has 2 aromatic carbocycles. The van der Waals surface area contributed by atoms with Crippen LogP contribution in [0.15, 0.2) is 42.5 Å². The Morgan fingerprint density at radius 3 is 2.40 bits per heavy atom. The highest BCUT2D eigenvalue weighted by atomic mass is 16.5. The van der Waals surface area contributed by atoms with Crippen LogP contribution < -0.4 is 14.8 Å². The summed E-state index contributed by atoms with van der Waals surface area (Å²) in [6, 6.07) is 14.0. The van der Waals surface area contributed by atoms with Crippen LogP contribution in [-0.2, 0) is 28.8 Å². The summed E-state index contributed by atoms with van der Waals surface area (Å²) in [6.07, 6.45) is 6.95. The van der Waals surface area contributed by atoms with Gasteiger partial charge in [0.1, 0.15) is 12.7 Å². The van der Waals surface area contributed by atoms with Gasteiger partial charge in [0.25, 0.3) is 0 Å². The standard InChI is InChI=1S/C25H31NO4/c1-5-16-30-22-13-12-21(17-23(22)28-4)14-15-26-25(27)24(29-7-3)18-20-10-8-19(6-2)9-11-20/h1,8-13,17,24H,6-7,14-16,18H2,2-4H3,(H,26,27). The fourth-order valence-corrected chi connectivity index (χ4v) is 3.10. The van der Waals surface area contributed by atoms with Crippen molar-refractivity contribution in [1.29, 1.82) is 0 Å². The molecule has 0 spiro atoms. The molecule has 1 N–H and O–H groups in total. The molecule has 0 aliphatic carbocycles. The van der Waals surface area contributed by atoms with Crippen molar-refractivity contribution in [3.05, 3.63) is 59.2 Å². The first-order valence-corrected chi connectivity index (χ1v) is 10.3. The van der Waals surface area contributed by atoms with Crippen molar-refractivity contribution in [3.8, 4) is 23.8 Å². The first kappa shape index (κ1) is 23.3. The Kier molecular flexibility index (Phi) is 9.76. The van der Waals surface area contributed by atoms with E-state index in [1.165, 1.54) is 5.56 Å². The van der Waals surface area contributed by atoms with E-state index in [9.17, 15) is 4.79 Å². The van der Waals surface area contributed by atoms with Gasteiger partial charge in [-0.05, 0) is 48.6 Å². The smallest absolute Gasteiger partial charge is 0.249 e. The van der Waals surface area contributed by atoms with E-state index in [0.717, 1.165) is 17.5 Å². The van der Waals surface area contributed by atoms with Crippen LogP contribution in [-0.4, -0.2) is 38.9 Å². The number of aryl methyl sites for hydroxylation is 1. The molecular formula is C25H31NO4. The Labute approximate surface area is 179 Å². The number of ether oxygens (including phenoxy) is 3. The second-order valence-electron chi connectivity index (χ2n) is 6.84. The minimum Gasteiger partial charge on any atom is -0.493 e. The normalized spacial score (nSPS) is 11.4. The predicted octanol–water partition coefficient (Wildman–Crippen LogP) is 3.58. The summed E-state index contributed by atoms with van der Waals surface area (Å²) in [7, 11) is 1.59. The van der Waals surface area contributed by atoms with Gasteiger partial charge >= 0.3 is 0 Å². The van der Waals surface area contributed by atoms with Gasteiger partial charge in [-0.2, -0.15) is 0 Å². The van der Waals surface area contributed by atoms with Crippen LogP contribution in [0.4, 0.5) is 0 Å². The molecule has 0 heterocycles. The molecule has 1 atom stereocenters. The number of nitrogens with one attached hydrogen (secondary N) is 1. The third-order valence-corrected chi connectivity index (χ3v) is 4.76. The molecule has 0 radical (unpaired) electrons. The molecule has 0 aromatic heterocycles. The van der Waals surface area contributed by atoms with Gasteiger partial charge < -0.3 is 19.5 Å². The topological polar surface area (TPSA) is 56.8 Å². The van der Waals surface area contributed by atoms with Crippen molar-refractivity contribution in [2.75, 3.05) is 26.9 Å². The average molecular weight is 410 g/mol. The Bertz CT molecular complexity index is 839. The summed E-state index contributed by atoms with van der Waals surface area (Å²) in [6.45, 7) is 5.20. The number of carbonyl (C=O) groups excluding carboxylic acids is 1. The molecule has 0 saturated carbocycles. The van der Waals surface area contributed by atoms with Crippen LogP contribution in [0.25, 0.3) is 0 Å². The van der Waals surface area contributed by atoms with Gasteiger partial charge in [-0.25, -0.2) is 0 Å². The summed E-state index contributed by atoms with van der Waals surface area (Å²) in [5, 5.41) is 2.98. The van der Waals surface area contributed by atoms with Crippen molar-refractivity contribution in [2.45, 2.75) is 39.2 Å². The average Bonchev–Trinajstić information content (AvgIpc) is 2.78. The van der Waals surface area contributed by atoms with E-state index in [2.05, 4.69) is 42.4 Å². The first-order chi connectivity index (χ1) is 14.6. The molecule has 0 saturated heterocycles. The molecule has 5 heteroatoms. The third-order valence-electron chi connectivity index (χ3n) is 4.76. The zero-order chi connectivity index (χ0) is 21.8. The first-order valence-electron chi connectivity index (χ1n) is 10.3. The van der Waals surface area contributed by atoms with E-state index in [1.54, 1.807) is 7.11 Å². The Morgan fingerprint density at radius 1 is 1.07 bits per heavy atom. The fourth-order valence-electron chi connectivity index (χ4n) is 3.10. The number of amides is 1. The van der Waals surface area contributed by atoms with Gasteiger partial charge in [-0.3, -0.25) is 4.79 Å². The highest BCUT2D eigenvalue weighted by Gasteiger charge is 2.19. The lowest BCUT2D eigenvalue weighted by Crippen LogP contribution is -2.38. The second-order valence-corrected chi connectivity index (χ2v) is 6.84. The largest absolute Gasteiger partial charge is 0.493 e. The minimum atomic E-state index is -0.503. The van der Waals surface area contributed by atoms with Gasteiger partial charge in [-0.15, -0.1) is 6.42 Å². The fraction of sp³-hybridized carbons (Fsp3) is 0.400. The molecule has 0 aliphatic heterocycles. The molecule has 2 rings (SSSR count). The number of rotatable bonds is 12. The van der Waals surface area contributed by atoms with Gasteiger partial charge in [0, 0.05) is 19.6 Å². The lowest BCUT2D eigenvalue weighted by atomic mass is 10.0. The van der Waals surface area contributed by atoms with E-state index in [4.69, 9.17) is 20.6 Å². The Balaban J connectivity index is 1.91. The number of hydrogen-bond donors (Lipinski definition) is 1. The van der Waals surface area contributed by atoms with Gasteiger partial charge in [-0.1, -0.05) is 43.2 Å². The van der Waals surface area contributed by atoms with Gasteiger partial charge in [0.15, 0.2) is 11.5 Å². The zero-order valence-corrected chi connectivity index (χ0v) is 18.1. The molecule has 5 nitrogen and oxygen atoms in total. The predicted molar refractivity (Wildman–Crippen MR) is 119 cm³/mol. The maximum Gasteiger partial charge on any atom is 0.249 e. The highest BCUT2D eigenvalue weighted by molar-refractivity contribution is 5.81. The quantitative estimate of drug-likeness (QED) is 0.545. The van der Waals surface area contributed by atoms with Crippen LogP contribution in [0.5, 0.6) is 11.5 Å². The van der Waals surface area contributed by atoms with Crippen LogP contribution >= 0.6 is 0 Å². The third kappa shape index (κ3) is 7.13. The van der Waals surface area contributed by atoms with Crippen molar-refractivity contribution in [1.82, 2.24) is 5.32 Å². The van der Waals surface area contributed by atoms with Crippen LogP contribution in [0.1, 0.15) is 30.5 Å². The summed E-state index contributed by atoms with van der Waals surface area (Å²) in [4.78, 5) is 12.6. The maximum atomic E-state index is 12.6. The van der Waals surface area contributed by atoms with E-state index in [-0.39, 0.29) is 12.5 Å². The molecule has 0 bridgehead atoms. The molecule has 1 amide bonds. The monoisotopic (exact) mass is 409 g/mol. The zero-order valence-electron chi connectivity index (χ0n) is 18.1. The molecule has 160 valence electrons. The summed E-state index contributed by atoms with van der Waals surface area (Å²) in [5.74, 6) is 3.56. The second kappa shape index (κ2) is 12.6. The van der Waals surface area contributed by atoms with E-state index in [1.807, 2.05) is 25.1 Å². The number of benzene rings is 2. The lowest BCUT2D eigenvalue weighted by molar-refractivity contribution is -0.132. The number of terminal acetylenes is 1. The molecule has 0 aliphatic rings. The van der Waals surface area contributed by atoms with Crippen molar-refractivity contribution in [3.63, 3.8) is 0 Å². The van der Waals surface area contributed by atoms with Gasteiger partial charge in [0.05, 0.1) is 7.11 Å². The number of carbonyl (C=O) groups is 1. The number of hydrogen-bond acceptors (Lipinski definition) is 4. The highest BCUT2D eigenvalue weighted by Crippen LogP contribution is 2.28. The Hall–Kier alpha value is -2.97. The molecule has 0 fully saturated rings. The molecular weight excluding hydrogens is 378 g/mol. The summed E-state index contributed by atoms with van der Waals surface area (Å²) in [5.41, 5.74) is 3.40. The Morgan fingerprint density at radius 2 is 1.77 bits per heavy atom. The van der Waals surface area contributed by atoms with E-state index >= 15 is 0 Å². The van der Waals surface area contributed by atoms with Crippen molar-refractivity contribution >= 4 is 5.91 Å². The molecule has 2 aromatic rings. The summed E-state index contributed by atoms with van der Waals surface area (Å²) >= 11 is 0. The van der Waals surface area contributed by atoms with Gasteiger partial charge in [0.2, 0.25) is 5.91 Å². The van der Waals surface area contributed by atoms with Crippen LogP contribution in [0.3, 0.4) is 0 Å². The van der Waals surface area contributed by atoms with Crippen molar-refractivity contribution < 1.29 is 19.0 Å². The van der Waals surface area contributed by atoms with E-state index in [0.29, 0.717) is 37.5 Å². The van der Waals surface area contributed by atoms with Crippen molar-refractivity contribution in [2.24, 2.45) is 0 Å². The van der Waals surface area contributed by atoms with Crippen LogP contribution in [0.2, 0.25) is 0 Å². The summed E-state index contributed by atoms with van der Waals surface area (Å²) < 4.78 is 16.5.